The summed E-state index contributed by atoms with van der Waals surface area (Å²) in [5.41, 5.74) is -0.386. The molecule has 1 aromatic carbocycles. The molecule has 0 aliphatic heterocycles. The van der Waals surface area contributed by atoms with Crippen LogP contribution in [0.5, 0.6) is 0 Å². The molecule has 122 valence electrons. The van der Waals surface area contributed by atoms with Crippen LogP contribution in [0.25, 0.3) is 0 Å². The fourth-order valence-corrected chi connectivity index (χ4v) is 2.68. The number of rotatable bonds is 4. The fraction of sp³-hybridized carbons (Fsp3) is 0.500. The van der Waals surface area contributed by atoms with Crippen molar-refractivity contribution in [2.75, 3.05) is 5.32 Å². The van der Waals surface area contributed by atoms with Crippen molar-refractivity contribution in [3.05, 3.63) is 29.8 Å². The highest BCUT2D eigenvalue weighted by Crippen LogP contribution is 2.23. The monoisotopic (exact) mass is 313 g/mol. The van der Waals surface area contributed by atoms with Crippen molar-refractivity contribution >= 4 is 17.5 Å². The normalized spacial score (nSPS) is 15.5. The average Bonchev–Trinajstić information content (AvgIpc) is 2.56. The van der Waals surface area contributed by atoms with Crippen molar-refractivity contribution in [2.45, 2.75) is 52.0 Å². The highest BCUT2D eigenvalue weighted by molar-refractivity contribution is 6.10. The van der Waals surface area contributed by atoms with E-state index in [-0.39, 0.29) is 11.9 Å². The maximum Gasteiger partial charge on any atom is 0.239 e. The summed E-state index contributed by atoms with van der Waals surface area (Å²) < 4.78 is 0. The zero-order valence-corrected chi connectivity index (χ0v) is 13.7. The molecule has 2 amide bonds. The first-order chi connectivity index (χ1) is 10.9. The highest BCUT2D eigenvalue weighted by Gasteiger charge is 2.37. The molecule has 0 radical (unpaired) electrons. The molecule has 1 aliphatic carbocycles. The minimum atomic E-state index is -1.19. The van der Waals surface area contributed by atoms with Crippen LogP contribution < -0.4 is 10.6 Å². The van der Waals surface area contributed by atoms with Gasteiger partial charge in [-0.2, -0.15) is 5.26 Å². The van der Waals surface area contributed by atoms with E-state index in [2.05, 4.69) is 10.6 Å². The number of para-hydroxylation sites is 1. The SMILES string of the molecule is CC(C)(C(=O)Nc1ccccc1C#N)C(=O)NC1CCCCC1. The van der Waals surface area contributed by atoms with Gasteiger partial charge in [-0.15, -0.1) is 0 Å². The fourth-order valence-electron chi connectivity index (χ4n) is 2.68. The summed E-state index contributed by atoms with van der Waals surface area (Å²) in [7, 11) is 0. The first-order valence-corrected chi connectivity index (χ1v) is 8.06. The van der Waals surface area contributed by atoms with Gasteiger partial charge in [0.05, 0.1) is 11.3 Å². The number of hydrogen-bond acceptors (Lipinski definition) is 3. The first-order valence-electron chi connectivity index (χ1n) is 8.06. The van der Waals surface area contributed by atoms with Crippen LogP contribution >= 0.6 is 0 Å². The molecule has 0 heterocycles. The van der Waals surface area contributed by atoms with Gasteiger partial charge < -0.3 is 10.6 Å². The maximum atomic E-state index is 12.5. The van der Waals surface area contributed by atoms with E-state index in [4.69, 9.17) is 5.26 Å². The van der Waals surface area contributed by atoms with Gasteiger partial charge in [0, 0.05) is 6.04 Å². The van der Waals surface area contributed by atoms with Gasteiger partial charge in [0.25, 0.3) is 0 Å². The van der Waals surface area contributed by atoms with E-state index in [1.54, 1.807) is 38.1 Å². The number of nitriles is 1. The molecule has 0 saturated heterocycles. The van der Waals surface area contributed by atoms with Crippen molar-refractivity contribution in [1.29, 1.82) is 5.26 Å². The molecule has 1 saturated carbocycles. The molecule has 0 aromatic heterocycles. The topological polar surface area (TPSA) is 82.0 Å². The minimum absolute atomic E-state index is 0.162. The number of carbonyl (C=O) groups is 2. The number of benzene rings is 1. The largest absolute Gasteiger partial charge is 0.352 e. The van der Waals surface area contributed by atoms with E-state index < -0.39 is 11.3 Å². The van der Waals surface area contributed by atoms with Crippen molar-refractivity contribution < 1.29 is 9.59 Å². The number of nitrogens with zero attached hydrogens (tertiary/aromatic N) is 1. The lowest BCUT2D eigenvalue weighted by Gasteiger charge is -2.28. The highest BCUT2D eigenvalue weighted by atomic mass is 16.2. The summed E-state index contributed by atoms with van der Waals surface area (Å²) in [5.74, 6) is -0.676. The molecule has 0 spiro atoms. The summed E-state index contributed by atoms with van der Waals surface area (Å²) in [5, 5.41) is 14.8. The molecule has 0 atom stereocenters. The van der Waals surface area contributed by atoms with Crippen LogP contribution in [-0.2, 0) is 9.59 Å². The lowest BCUT2D eigenvalue weighted by atomic mass is 9.88. The van der Waals surface area contributed by atoms with Gasteiger partial charge in [-0.05, 0) is 38.8 Å². The second-order valence-corrected chi connectivity index (χ2v) is 6.54. The van der Waals surface area contributed by atoms with Crippen molar-refractivity contribution in [3.63, 3.8) is 0 Å². The number of anilines is 1. The van der Waals surface area contributed by atoms with Gasteiger partial charge in [-0.25, -0.2) is 0 Å². The number of hydrogen-bond donors (Lipinski definition) is 2. The third-order valence-corrected chi connectivity index (χ3v) is 4.37. The molecular formula is C18H23N3O2. The molecule has 0 bridgehead atoms. The van der Waals surface area contributed by atoms with Crippen molar-refractivity contribution in [2.24, 2.45) is 5.41 Å². The van der Waals surface area contributed by atoms with Gasteiger partial charge in [0.1, 0.15) is 11.5 Å². The van der Waals surface area contributed by atoms with E-state index in [0.29, 0.717) is 11.3 Å². The molecule has 1 aliphatic rings. The Hall–Kier alpha value is -2.35. The van der Waals surface area contributed by atoms with E-state index in [1.807, 2.05) is 6.07 Å². The molecule has 23 heavy (non-hydrogen) atoms. The average molecular weight is 313 g/mol. The summed E-state index contributed by atoms with van der Waals surface area (Å²) in [6, 6.07) is 8.95. The summed E-state index contributed by atoms with van der Waals surface area (Å²) >= 11 is 0. The molecule has 5 nitrogen and oxygen atoms in total. The maximum absolute atomic E-state index is 12.5. The van der Waals surface area contributed by atoms with Crippen LogP contribution in [0.15, 0.2) is 24.3 Å². The van der Waals surface area contributed by atoms with Crippen molar-refractivity contribution in [1.82, 2.24) is 5.32 Å². The van der Waals surface area contributed by atoms with Crippen molar-refractivity contribution in [3.8, 4) is 6.07 Å². The van der Waals surface area contributed by atoms with Crippen LogP contribution in [-0.4, -0.2) is 17.9 Å². The zero-order valence-electron chi connectivity index (χ0n) is 13.7. The Kier molecular flexibility index (Phi) is 5.38. The van der Waals surface area contributed by atoms with Gasteiger partial charge >= 0.3 is 0 Å². The summed E-state index contributed by atoms with van der Waals surface area (Å²) in [4.78, 5) is 25.0. The molecule has 1 fully saturated rings. The minimum Gasteiger partial charge on any atom is -0.352 e. The van der Waals surface area contributed by atoms with E-state index in [9.17, 15) is 9.59 Å². The molecule has 0 unspecified atom stereocenters. The van der Waals surface area contributed by atoms with Crippen LogP contribution in [0.3, 0.4) is 0 Å². The molecule has 5 heteroatoms. The molecular weight excluding hydrogens is 290 g/mol. The predicted octanol–water partition coefficient (Wildman–Crippen LogP) is 2.97. The van der Waals surface area contributed by atoms with E-state index in [1.165, 1.54) is 6.42 Å². The quantitative estimate of drug-likeness (QED) is 0.838. The zero-order chi connectivity index (χ0) is 16.9. The van der Waals surface area contributed by atoms with Crippen LogP contribution in [0, 0.1) is 16.7 Å². The number of carbonyl (C=O) groups excluding carboxylic acids is 2. The number of amides is 2. The Balaban J connectivity index is 2.04. The van der Waals surface area contributed by atoms with E-state index >= 15 is 0 Å². The Labute approximate surface area is 137 Å². The molecule has 2 rings (SSSR count). The third-order valence-electron chi connectivity index (χ3n) is 4.37. The summed E-state index contributed by atoms with van der Waals surface area (Å²) in [6.45, 7) is 3.21. The summed E-state index contributed by atoms with van der Waals surface area (Å²) in [6.07, 6.45) is 5.39. The van der Waals surface area contributed by atoms with Crippen LogP contribution in [0.2, 0.25) is 0 Å². The van der Waals surface area contributed by atoms with E-state index in [0.717, 1.165) is 25.7 Å². The second-order valence-electron chi connectivity index (χ2n) is 6.54. The smallest absolute Gasteiger partial charge is 0.239 e. The standard InChI is InChI=1S/C18H23N3O2/c1-18(2,16(22)20-14-9-4-3-5-10-14)17(23)21-15-11-7-6-8-13(15)12-19/h6-8,11,14H,3-5,9-10H2,1-2H3,(H,20,22)(H,21,23). The van der Waals surface area contributed by atoms with Gasteiger partial charge in [0.15, 0.2) is 0 Å². The first kappa shape index (κ1) is 17.0. The lowest BCUT2D eigenvalue weighted by Crippen LogP contribution is -2.49. The van der Waals surface area contributed by atoms with Crippen LogP contribution in [0.1, 0.15) is 51.5 Å². The van der Waals surface area contributed by atoms with Gasteiger partial charge in [0.2, 0.25) is 11.8 Å². The lowest BCUT2D eigenvalue weighted by molar-refractivity contribution is -0.139. The Morgan fingerprint density at radius 3 is 2.43 bits per heavy atom. The Morgan fingerprint density at radius 2 is 1.78 bits per heavy atom. The van der Waals surface area contributed by atoms with Gasteiger partial charge in [-0.1, -0.05) is 31.4 Å². The second kappa shape index (κ2) is 7.28. The molecule has 1 aromatic rings. The van der Waals surface area contributed by atoms with Crippen LogP contribution in [0.4, 0.5) is 5.69 Å². The predicted molar refractivity (Wildman–Crippen MR) is 88.6 cm³/mol. The Morgan fingerprint density at radius 1 is 1.13 bits per heavy atom. The van der Waals surface area contributed by atoms with Gasteiger partial charge in [-0.3, -0.25) is 9.59 Å². The molecule has 2 N–H and O–H groups in total. The third kappa shape index (κ3) is 4.10. The Bertz CT molecular complexity index is 625. The number of nitrogens with one attached hydrogen (secondary N) is 2.